The number of nitrogens with zero attached hydrogens (tertiary/aromatic N) is 3. The van der Waals surface area contributed by atoms with E-state index < -0.39 is 71.7 Å². The maximum absolute atomic E-state index is 13.7. The van der Waals surface area contributed by atoms with Crippen LogP contribution in [-0.2, 0) is 22.4 Å². The molecule has 0 bridgehead atoms. The number of amides is 1. The molecular formula is C17H7Cl2F7N4O3S. The average Bonchev–Trinajstić information content (AvgIpc) is 3.12. The molecule has 0 unspecified atom stereocenters. The maximum atomic E-state index is 13.7. The molecule has 7 nitrogen and oxygen atoms in total. The highest BCUT2D eigenvalue weighted by Crippen LogP contribution is 2.36. The standard InChI is InChI=1S/C17H7Cl2F7N4O3S/c18-9-3-1-7(16(21,22)23)5-12(9)34(32,33)28-15(31)13-14(17(24,25)26)30(29-27-13)11-4-2-8(20)6-10(11)19/h1-6H,(H,28,31). The van der Waals surface area contributed by atoms with Gasteiger partial charge < -0.3 is 0 Å². The van der Waals surface area contributed by atoms with Gasteiger partial charge in [-0.25, -0.2) is 22.2 Å². The minimum absolute atomic E-state index is 0.0283. The van der Waals surface area contributed by atoms with Gasteiger partial charge >= 0.3 is 12.4 Å². The lowest BCUT2D eigenvalue weighted by Crippen LogP contribution is -2.33. The van der Waals surface area contributed by atoms with Gasteiger partial charge in [0.15, 0.2) is 11.4 Å². The van der Waals surface area contributed by atoms with Crippen molar-refractivity contribution < 1.29 is 43.9 Å². The molecule has 0 atom stereocenters. The molecule has 34 heavy (non-hydrogen) atoms. The number of rotatable bonds is 4. The molecule has 0 spiro atoms. The van der Waals surface area contributed by atoms with Crippen molar-refractivity contribution in [2.24, 2.45) is 0 Å². The first kappa shape index (κ1) is 25.7. The summed E-state index contributed by atoms with van der Waals surface area (Å²) >= 11 is 11.4. The Morgan fingerprint density at radius 1 is 0.941 bits per heavy atom. The van der Waals surface area contributed by atoms with Crippen LogP contribution < -0.4 is 4.72 Å². The zero-order chi connectivity index (χ0) is 25.6. The fourth-order valence-corrected chi connectivity index (χ4v) is 4.35. The molecule has 0 saturated carbocycles. The second-order valence-electron chi connectivity index (χ2n) is 6.37. The van der Waals surface area contributed by atoms with E-state index in [1.165, 1.54) is 4.72 Å². The predicted octanol–water partition coefficient (Wildman–Crippen LogP) is 4.87. The fourth-order valence-electron chi connectivity index (χ4n) is 2.62. The first-order valence-corrected chi connectivity index (χ1v) is 10.7. The number of carbonyl (C=O) groups is 1. The van der Waals surface area contributed by atoms with Crippen molar-refractivity contribution in [2.75, 3.05) is 0 Å². The minimum Gasteiger partial charge on any atom is -0.266 e. The smallest absolute Gasteiger partial charge is 0.266 e. The summed E-state index contributed by atoms with van der Waals surface area (Å²) in [5, 5.41) is 4.88. The van der Waals surface area contributed by atoms with Gasteiger partial charge in [-0.3, -0.25) is 4.79 Å². The molecular weight excluding hydrogens is 544 g/mol. The number of sulfonamides is 1. The summed E-state index contributed by atoms with van der Waals surface area (Å²) in [5.41, 5.74) is -5.44. The van der Waals surface area contributed by atoms with E-state index in [9.17, 15) is 43.9 Å². The molecule has 1 N–H and O–H groups in total. The van der Waals surface area contributed by atoms with E-state index >= 15 is 0 Å². The molecule has 0 aliphatic carbocycles. The SMILES string of the molecule is O=C(NS(=O)(=O)c1cc(C(F)(F)F)ccc1Cl)c1nnn(-c2ccc(F)cc2Cl)c1C(F)(F)F. The second kappa shape index (κ2) is 8.70. The summed E-state index contributed by atoms with van der Waals surface area (Å²) in [7, 11) is -5.20. The highest BCUT2D eigenvalue weighted by molar-refractivity contribution is 7.90. The van der Waals surface area contributed by atoms with Gasteiger partial charge in [-0.05, 0) is 36.4 Å². The summed E-state index contributed by atoms with van der Waals surface area (Å²) < 4.78 is 119. The van der Waals surface area contributed by atoms with Crippen molar-refractivity contribution in [1.29, 1.82) is 0 Å². The maximum Gasteiger partial charge on any atom is 0.435 e. The van der Waals surface area contributed by atoms with Gasteiger partial charge in [0, 0.05) is 0 Å². The zero-order valence-corrected chi connectivity index (χ0v) is 18.2. The Hall–Kier alpha value is -2.91. The van der Waals surface area contributed by atoms with Crippen molar-refractivity contribution in [3.05, 3.63) is 69.2 Å². The van der Waals surface area contributed by atoms with Crippen LogP contribution in [0.15, 0.2) is 41.3 Å². The Balaban J connectivity index is 2.07. The van der Waals surface area contributed by atoms with Crippen LogP contribution in [0.25, 0.3) is 5.69 Å². The number of halogens is 9. The number of hydrogen-bond acceptors (Lipinski definition) is 5. The van der Waals surface area contributed by atoms with Gasteiger partial charge in [-0.2, -0.15) is 26.3 Å². The van der Waals surface area contributed by atoms with Crippen LogP contribution in [0.5, 0.6) is 0 Å². The van der Waals surface area contributed by atoms with Crippen molar-refractivity contribution in [1.82, 2.24) is 19.7 Å². The van der Waals surface area contributed by atoms with Crippen molar-refractivity contribution in [3.8, 4) is 5.69 Å². The van der Waals surface area contributed by atoms with E-state index in [4.69, 9.17) is 23.2 Å². The lowest BCUT2D eigenvalue weighted by atomic mass is 10.2. The summed E-state index contributed by atoms with van der Waals surface area (Å²) in [6.07, 6.45) is -10.3. The molecule has 3 aromatic rings. The van der Waals surface area contributed by atoms with Gasteiger partial charge in [-0.15, -0.1) is 5.10 Å². The lowest BCUT2D eigenvalue weighted by Gasteiger charge is -2.13. The fraction of sp³-hybridized carbons (Fsp3) is 0.118. The number of benzene rings is 2. The van der Waals surface area contributed by atoms with Gasteiger partial charge in [0.25, 0.3) is 15.9 Å². The van der Waals surface area contributed by atoms with E-state index in [0.717, 1.165) is 12.1 Å². The Morgan fingerprint density at radius 3 is 2.15 bits per heavy atom. The van der Waals surface area contributed by atoms with Crippen LogP contribution in [0.1, 0.15) is 21.7 Å². The number of alkyl halides is 6. The van der Waals surface area contributed by atoms with Crippen molar-refractivity contribution in [2.45, 2.75) is 17.2 Å². The molecule has 1 amide bonds. The number of aromatic nitrogens is 3. The topological polar surface area (TPSA) is 93.9 Å². The first-order chi connectivity index (χ1) is 15.5. The molecule has 2 aromatic carbocycles. The average molecular weight is 551 g/mol. The second-order valence-corrected chi connectivity index (χ2v) is 8.83. The lowest BCUT2D eigenvalue weighted by molar-refractivity contribution is -0.143. The highest BCUT2D eigenvalue weighted by atomic mass is 35.5. The Labute approximate surface area is 195 Å². The van der Waals surface area contributed by atoms with E-state index in [-0.39, 0.29) is 10.7 Å². The third kappa shape index (κ3) is 5.10. The van der Waals surface area contributed by atoms with E-state index in [1.54, 1.807) is 0 Å². The van der Waals surface area contributed by atoms with E-state index in [0.29, 0.717) is 18.2 Å². The van der Waals surface area contributed by atoms with E-state index in [2.05, 4.69) is 10.3 Å². The van der Waals surface area contributed by atoms with Crippen molar-refractivity contribution in [3.63, 3.8) is 0 Å². The van der Waals surface area contributed by atoms with Crippen LogP contribution in [0.2, 0.25) is 10.0 Å². The summed E-state index contributed by atoms with van der Waals surface area (Å²) in [6.45, 7) is 0. The van der Waals surface area contributed by atoms with Crippen LogP contribution in [0.4, 0.5) is 30.7 Å². The first-order valence-electron chi connectivity index (χ1n) is 8.44. The Bertz CT molecular complexity index is 1390. The van der Waals surface area contributed by atoms with Gasteiger partial charge in [0.2, 0.25) is 0 Å². The summed E-state index contributed by atoms with van der Waals surface area (Å²) in [4.78, 5) is 11.2. The molecule has 1 heterocycles. The molecule has 17 heteroatoms. The number of hydrogen-bond donors (Lipinski definition) is 1. The van der Waals surface area contributed by atoms with E-state index in [1.807, 2.05) is 0 Å². The van der Waals surface area contributed by atoms with Crippen LogP contribution in [0, 0.1) is 5.82 Å². The zero-order valence-electron chi connectivity index (χ0n) is 15.8. The number of carbonyl (C=O) groups excluding carboxylic acids is 1. The molecule has 0 radical (unpaired) electrons. The molecule has 0 saturated heterocycles. The molecule has 0 fully saturated rings. The largest absolute Gasteiger partial charge is 0.435 e. The van der Waals surface area contributed by atoms with Gasteiger partial charge in [0.1, 0.15) is 10.7 Å². The predicted molar refractivity (Wildman–Crippen MR) is 102 cm³/mol. The Morgan fingerprint density at radius 2 is 1.59 bits per heavy atom. The van der Waals surface area contributed by atoms with Gasteiger partial charge in [-0.1, -0.05) is 28.4 Å². The van der Waals surface area contributed by atoms with Crippen molar-refractivity contribution >= 4 is 39.1 Å². The Kier molecular flexibility index (Phi) is 6.58. The molecule has 0 aliphatic rings. The molecule has 182 valence electrons. The molecule has 0 aliphatic heterocycles. The quantitative estimate of drug-likeness (QED) is 0.468. The molecule has 1 aromatic heterocycles. The number of nitrogens with one attached hydrogen (secondary N) is 1. The van der Waals surface area contributed by atoms with Crippen LogP contribution in [0.3, 0.4) is 0 Å². The highest BCUT2D eigenvalue weighted by Gasteiger charge is 2.43. The third-order valence-electron chi connectivity index (χ3n) is 4.07. The molecule has 3 rings (SSSR count). The normalized spacial score (nSPS) is 12.6. The van der Waals surface area contributed by atoms with Gasteiger partial charge in [0.05, 0.1) is 21.3 Å². The minimum atomic E-state index is -5.36. The van der Waals surface area contributed by atoms with Crippen LogP contribution >= 0.6 is 23.2 Å². The summed E-state index contributed by atoms with van der Waals surface area (Å²) in [6, 6.07) is 3.32. The van der Waals surface area contributed by atoms with Crippen LogP contribution in [-0.4, -0.2) is 29.3 Å². The third-order valence-corrected chi connectivity index (χ3v) is 6.18. The summed E-state index contributed by atoms with van der Waals surface area (Å²) in [5.74, 6) is -2.88. The monoisotopic (exact) mass is 550 g/mol.